The lowest BCUT2D eigenvalue weighted by Crippen LogP contribution is -2.40. The van der Waals surface area contributed by atoms with Gasteiger partial charge < -0.3 is 11.1 Å². The van der Waals surface area contributed by atoms with Gasteiger partial charge in [-0.3, -0.25) is 4.79 Å². The summed E-state index contributed by atoms with van der Waals surface area (Å²) in [6.45, 7) is 0. The molecule has 1 saturated carbocycles. The molecule has 0 unspecified atom stereocenters. The number of anilines is 1. The molecule has 1 aliphatic rings. The Bertz CT molecular complexity index is 458. The van der Waals surface area contributed by atoms with E-state index < -0.39 is 0 Å². The highest BCUT2D eigenvalue weighted by molar-refractivity contribution is 14.1. The standard InChI is InChI=1S/C13H16ClIN2O/c14-10-7-9(15)3-4-11(10)17-12(18)8-13(16)5-1-2-6-13/h3-4,7H,1-2,5-6,8,16H2,(H,17,18). The molecule has 3 N–H and O–H groups in total. The third kappa shape index (κ3) is 3.59. The molecule has 0 spiro atoms. The molecule has 1 aliphatic carbocycles. The maximum atomic E-state index is 12.0. The number of hydrogen-bond donors (Lipinski definition) is 2. The van der Waals surface area contributed by atoms with Crippen molar-refractivity contribution >= 4 is 45.8 Å². The fourth-order valence-corrected chi connectivity index (χ4v) is 3.26. The molecule has 0 heterocycles. The minimum Gasteiger partial charge on any atom is -0.325 e. The zero-order valence-electron chi connectivity index (χ0n) is 10.0. The molecular formula is C13H16ClIN2O. The van der Waals surface area contributed by atoms with Crippen LogP contribution >= 0.6 is 34.2 Å². The van der Waals surface area contributed by atoms with E-state index in [0.29, 0.717) is 17.1 Å². The smallest absolute Gasteiger partial charge is 0.226 e. The number of benzene rings is 1. The van der Waals surface area contributed by atoms with Gasteiger partial charge in [0.1, 0.15) is 0 Å². The summed E-state index contributed by atoms with van der Waals surface area (Å²) in [4.78, 5) is 12.0. The van der Waals surface area contributed by atoms with Crippen LogP contribution in [0.15, 0.2) is 18.2 Å². The van der Waals surface area contributed by atoms with Crippen molar-refractivity contribution in [2.45, 2.75) is 37.6 Å². The Morgan fingerprint density at radius 2 is 2.11 bits per heavy atom. The van der Waals surface area contributed by atoms with Gasteiger partial charge in [0.05, 0.1) is 10.7 Å². The van der Waals surface area contributed by atoms with Crippen LogP contribution in [0.2, 0.25) is 5.02 Å². The van der Waals surface area contributed by atoms with E-state index in [1.165, 1.54) is 0 Å². The Morgan fingerprint density at radius 1 is 1.44 bits per heavy atom. The van der Waals surface area contributed by atoms with E-state index in [1.54, 1.807) is 0 Å². The average Bonchev–Trinajstić information content (AvgIpc) is 2.69. The molecule has 0 bridgehead atoms. The number of rotatable bonds is 3. The highest BCUT2D eigenvalue weighted by Crippen LogP contribution is 2.31. The van der Waals surface area contributed by atoms with Crippen LogP contribution in [-0.4, -0.2) is 11.4 Å². The number of halogens is 2. The van der Waals surface area contributed by atoms with Crippen molar-refractivity contribution < 1.29 is 4.79 Å². The summed E-state index contributed by atoms with van der Waals surface area (Å²) < 4.78 is 1.04. The second-order valence-corrected chi connectivity index (χ2v) is 6.57. The lowest BCUT2D eigenvalue weighted by molar-refractivity contribution is -0.117. The van der Waals surface area contributed by atoms with E-state index in [1.807, 2.05) is 18.2 Å². The number of amides is 1. The van der Waals surface area contributed by atoms with Gasteiger partial charge in [0.15, 0.2) is 0 Å². The van der Waals surface area contributed by atoms with Crippen LogP contribution in [0.4, 0.5) is 5.69 Å². The molecule has 1 aromatic carbocycles. The molecule has 1 aromatic rings. The molecule has 98 valence electrons. The fourth-order valence-electron chi connectivity index (χ4n) is 2.36. The second kappa shape index (κ2) is 5.75. The van der Waals surface area contributed by atoms with Crippen LogP contribution in [-0.2, 0) is 4.79 Å². The van der Waals surface area contributed by atoms with E-state index in [0.717, 1.165) is 29.3 Å². The number of hydrogen-bond acceptors (Lipinski definition) is 2. The molecule has 1 amide bonds. The summed E-state index contributed by atoms with van der Waals surface area (Å²) in [6.07, 6.45) is 4.47. The lowest BCUT2D eigenvalue weighted by atomic mass is 9.94. The molecular weight excluding hydrogens is 363 g/mol. The first-order chi connectivity index (χ1) is 8.48. The molecule has 3 nitrogen and oxygen atoms in total. The van der Waals surface area contributed by atoms with Gasteiger partial charge in [-0.05, 0) is 53.6 Å². The Hall–Kier alpha value is -0.330. The van der Waals surface area contributed by atoms with Gasteiger partial charge in [0.25, 0.3) is 0 Å². The number of nitrogens with two attached hydrogens (primary N) is 1. The summed E-state index contributed by atoms with van der Waals surface area (Å²) >= 11 is 8.26. The zero-order valence-corrected chi connectivity index (χ0v) is 12.9. The first kappa shape index (κ1) is 14.1. The topological polar surface area (TPSA) is 55.1 Å². The molecule has 5 heteroatoms. The molecule has 18 heavy (non-hydrogen) atoms. The van der Waals surface area contributed by atoms with Gasteiger partial charge in [-0.15, -0.1) is 0 Å². The molecule has 0 saturated heterocycles. The Balaban J connectivity index is 1.98. The minimum atomic E-state index is -0.320. The van der Waals surface area contributed by atoms with Crippen LogP contribution in [0.1, 0.15) is 32.1 Å². The minimum absolute atomic E-state index is 0.0532. The second-order valence-electron chi connectivity index (χ2n) is 4.92. The van der Waals surface area contributed by atoms with E-state index in [4.69, 9.17) is 17.3 Å². The summed E-state index contributed by atoms with van der Waals surface area (Å²) in [5.74, 6) is -0.0532. The third-order valence-corrected chi connectivity index (χ3v) is 4.30. The van der Waals surface area contributed by atoms with Gasteiger partial charge in [0, 0.05) is 15.5 Å². The predicted molar refractivity (Wildman–Crippen MR) is 82.8 cm³/mol. The van der Waals surface area contributed by atoms with Crippen LogP contribution in [0.3, 0.4) is 0 Å². The fraction of sp³-hybridized carbons (Fsp3) is 0.462. The van der Waals surface area contributed by atoms with Crippen molar-refractivity contribution in [3.63, 3.8) is 0 Å². The average molecular weight is 379 g/mol. The third-order valence-electron chi connectivity index (χ3n) is 3.32. The molecule has 0 aromatic heterocycles. The first-order valence-electron chi connectivity index (χ1n) is 6.02. The largest absolute Gasteiger partial charge is 0.325 e. The summed E-state index contributed by atoms with van der Waals surface area (Å²) in [6, 6.07) is 5.56. The highest BCUT2D eigenvalue weighted by Gasteiger charge is 2.31. The maximum Gasteiger partial charge on any atom is 0.226 e. The molecule has 0 aliphatic heterocycles. The SMILES string of the molecule is NC1(CC(=O)Nc2ccc(I)cc2Cl)CCCC1. The van der Waals surface area contributed by atoms with Crippen LogP contribution < -0.4 is 11.1 Å². The van der Waals surface area contributed by atoms with Crippen LogP contribution in [0.5, 0.6) is 0 Å². The Morgan fingerprint density at radius 3 is 2.72 bits per heavy atom. The number of nitrogens with one attached hydrogen (secondary N) is 1. The van der Waals surface area contributed by atoms with Crippen molar-refractivity contribution in [3.05, 3.63) is 26.8 Å². The van der Waals surface area contributed by atoms with E-state index in [2.05, 4.69) is 27.9 Å². The predicted octanol–water partition coefficient (Wildman–Crippen LogP) is 3.54. The number of carbonyl (C=O) groups excluding carboxylic acids is 1. The zero-order chi connectivity index (χ0) is 13.2. The summed E-state index contributed by atoms with van der Waals surface area (Å²) in [5, 5.41) is 3.40. The van der Waals surface area contributed by atoms with Crippen LogP contribution in [0.25, 0.3) is 0 Å². The molecule has 2 rings (SSSR count). The normalized spacial score (nSPS) is 17.7. The Kier molecular flexibility index (Phi) is 4.50. The Labute approximate surface area is 126 Å². The number of carbonyl (C=O) groups is 1. The lowest BCUT2D eigenvalue weighted by Gasteiger charge is -2.22. The van der Waals surface area contributed by atoms with Crippen molar-refractivity contribution in [2.75, 3.05) is 5.32 Å². The molecule has 0 atom stereocenters. The van der Waals surface area contributed by atoms with Gasteiger partial charge in [-0.25, -0.2) is 0 Å². The molecule has 0 radical (unpaired) electrons. The van der Waals surface area contributed by atoms with Crippen LogP contribution in [0, 0.1) is 3.57 Å². The summed E-state index contributed by atoms with van der Waals surface area (Å²) in [5.41, 5.74) is 6.52. The molecule has 1 fully saturated rings. The monoisotopic (exact) mass is 378 g/mol. The van der Waals surface area contributed by atoms with Gasteiger partial charge in [-0.2, -0.15) is 0 Å². The highest BCUT2D eigenvalue weighted by atomic mass is 127. The van der Waals surface area contributed by atoms with E-state index >= 15 is 0 Å². The van der Waals surface area contributed by atoms with Gasteiger partial charge >= 0.3 is 0 Å². The summed E-state index contributed by atoms with van der Waals surface area (Å²) in [7, 11) is 0. The van der Waals surface area contributed by atoms with Gasteiger partial charge in [-0.1, -0.05) is 24.4 Å². The van der Waals surface area contributed by atoms with Crippen molar-refractivity contribution in [1.29, 1.82) is 0 Å². The first-order valence-corrected chi connectivity index (χ1v) is 7.48. The van der Waals surface area contributed by atoms with E-state index in [-0.39, 0.29) is 11.4 Å². The maximum absolute atomic E-state index is 12.0. The van der Waals surface area contributed by atoms with Crippen molar-refractivity contribution in [2.24, 2.45) is 5.73 Å². The van der Waals surface area contributed by atoms with Crippen molar-refractivity contribution in [1.82, 2.24) is 0 Å². The van der Waals surface area contributed by atoms with Gasteiger partial charge in [0.2, 0.25) is 5.91 Å². The quantitative estimate of drug-likeness (QED) is 0.790. The van der Waals surface area contributed by atoms with E-state index in [9.17, 15) is 4.79 Å². The van der Waals surface area contributed by atoms with Crippen molar-refractivity contribution in [3.8, 4) is 0 Å².